The molecule has 1 saturated heterocycles. The van der Waals surface area contributed by atoms with Gasteiger partial charge in [0, 0.05) is 42.9 Å². The normalized spacial score (nSPS) is 26.1. The van der Waals surface area contributed by atoms with E-state index < -0.39 is 0 Å². The van der Waals surface area contributed by atoms with Gasteiger partial charge in [0.25, 0.3) is 0 Å². The van der Waals surface area contributed by atoms with Crippen molar-refractivity contribution < 1.29 is 0 Å². The summed E-state index contributed by atoms with van der Waals surface area (Å²) in [5.41, 5.74) is 7.12. The zero-order valence-electron chi connectivity index (χ0n) is 11.1. The Morgan fingerprint density at radius 3 is 2.50 bits per heavy atom. The van der Waals surface area contributed by atoms with Crippen molar-refractivity contribution in [3.8, 4) is 0 Å². The van der Waals surface area contributed by atoms with Gasteiger partial charge in [-0.3, -0.25) is 0 Å². The maximum atomic E-state index is 5.94. The molecule has 0 aliphatic carbocycles. The van der Waals surface area contributed by atoms with E-state index in [9.17, 15) is 0 Å². The summed E-state index contributed by atoms with van der Waals surface area (Å²) in [6, 6.07) is 8.51. The summed E-state index contributed by atoms with van der Waals surface area (Å²) in [5, 5.41) is 0.786. The number of nitrogens with zero attached hydrogens (tertiary/aromatic N) is 2. The molecule has 2 rings (SSSR count). The van der Waals surface area contributed by atoms with Crippen molar-refractivity contribution in [3.63, 3.8) is 0 Å². The molecule has 1 fully saturated rings. The molecule has 1 aliphatic rings. The molecule has 0 amide bonds. The zero-order chi connectivity index (χ0) is 13.1. The van der Waals surface area contributed by atoms with Gasteiger partial charge in [-0.15, -0.1) is 0 Å². The van der Waals surface area contributed by atoms with E-state index in [1.165, 1.54) is 5.69 Å². The van der Waals surface area contributed by atoms with Gasteiger partial charge < -0.3 is 15.5 Å². The van der Waals surface area contributed by atoms with Gasteiger partial charge in [0.05, 0.1) is 0 Å². The van der Waals surface area contributed by atoms with Crippen molar-refractivity contribution in [2.45, 2.75) is 13.0 Å². The molecule has 0 radical (unpaired) electrons. The van der Waals surface area contributed by atoms with Gasteiger partial charge in [-0.1, -0.05) is 18.5 Å². The number of hydrogen-bond donors (Lipinski definition) is 1. The van der Waals surface area contributed by atoms with Crippen LogP contribution >= 0.6 is 11.6 Å². The summed E-state index contributed by atoms with van der Waals surface area (Å²) in [4.78, 5) is 4.79. The number of anilines is 1. The predicted molar refractivity (Wildman–Crippen MR) is 78.3 cm³/mol. The highest BCUT2D eigenvalue weighted by molar-refractivity contribution is 6.30. The van der Waals surface area contributed by atoms with Crippen LogP contribution < -0.4 is 10.6 Å². The van der Waals surface area contributed by atoms with Gasteiger partial charge in [0.2, 0.25) is 0 Å². The Balaban J connectivity index is 2.18. The van der Waals surface area contributed by atoms with Gasteiger partial charge >= 0.3 is 0 Å². The van der Waals surface area contributed by atoms with E-state index in [2.05, 4.69) is 35.9 Å². The monoisotopic (exact) mass is 267 g/mol. The Morgan fingerprint density at radius 2 is 1.89 bits per heavy atom. The Morgan fingerprint density at radius 1 is 1.22 bits per heavy atom. The first-order valence-corrected chi connectivity index (χ1v) is 6.88. The second kappa shape index (κ2) is 5.91. The summed E-state index contributed by atoms with van der Waals surface area (Å²) in [7, 11) is 2.17. The molecule has 0 saturated carbocycles. The lowest BCUT2D eigenvalue weighted by molar-refractivity contribution is 0.244. The molecule has 4 heteroatoms. The van der Waals surface area contributed by atoms with Crippen molar-refractivity contribution in [1.82, 2.24) is 4.90 Å². The Labute approximate surface area is 115 Å². The third-order valence-corrected chi connectivity index (χ3v) is 3.90. The second-order valence-electron chi connectivity index (χ2n) is 5.32. The highest BCUT2D eigenvalue weighted by atomic mass is 35.5. The van der Waals surface area contributed by atoms with E-state index >= 15 is 0 Å². The van der Waals surface area contributed by atoms with Crippen LogP contribution in [0.5, 0.6) is 0 Å². The zero-order valence-corrected chi connectivity index (χ0v) is 11.9. The first-order valence-electron chi connectivity index (χ1n) is 6.51. The summed E-state index contributed by atoms with van der Waals surface area (Å²) in [6.45, 7) is 6.15. The van der Waals surface area contributed by atoms with Crippen LogP contribution in [-0.4, -0.2) is 44.2 Å². The van der Waals surface area contributed by atoms with Crippen LogP contribution in [0.25, 0.3) is 0 Å². The number of rotatable bonds is 2. The minimum atomic E-state index is 0.422. The number of likely N-dealkylation sites (N-methyl/N-ethyl adjacent to an activating group) is 1. The summed E-state index contributed by atoms with van der Waals surface area (Å²) < 4.78 is 0. The quantitative estimate of drug-likeness (QED) is 0.890. The summed E-state index contributed by atoms with van der Waals surface area (Å²) >= 11 is 5.94. The number of halogens is 1. The Bertz CT molecular complexity index is 379. The molecule has 0 spiro atoms. The van der Waals surface area contributed by atoms with Crippen LogP contribution in [0, 0.1) is 5.92 Å². The number of hydrogen-bond acceptors (Lipinski definition) is 3. The van der Waals surface area contributed by atoms with E-state index in [4.69, 9.17) is 17.3 Å². The molecule has 3 nitrogen and oxygen atoms in total. The first kappa shape index (κ1) is 13.7. The number of nitrogens with two attached hydrogens (primary N) is 1. The third-order valence-electron chi connectivity index (χ3n) is 3.65. The standard InChI is InChI=1S/C14H22ClN3/c1-11-8-17(2)14(7-16)10-18(9-11)13-5-3-12(15)4-6-13/h3-6,11,14H,7-10,16H2,1-2H3. The van der Waals surface area contributed by atoms with Gasteiger partial charge in [0.15, 0.2) is 0 Å². The van der Waals surface area contributed by atoms with Gasteiger partial charge in [-0.2, -0.15) is 0 Å². The molecule has 2 unspecified atom stereocenters. The molecule has 2 atom stereocenters. The average molecular weight is 268 g/mol. The Kier molecular flexibility index (Phi) is 4.49. The van der Waals surface area contributed by atoms with Crippen LogP contribution in [0.4, 0.5) is 5.69 Å². The highest BCUT2D eigenvalue weighted by Crippen LogP contribution is 2.22. The van der Waals surface area contributed by atoms with Gasteiger partial charge in [-0.05, 0) is 37.2 Å². The molecule has 1 aliphatic heterocycles. The van der Waals surface area contributed by atoms with E-state index in [1.807, 2.05) is 12.1 Å². The van der Waals surface area contributed by atoms with Crippen molar-refractivity contribution in [1.29, 1.82) is 0 Å². The fraction of sp³-hybridized carbons (Fsp3) is 0.571. The molecule has 2 N–H and O–H groups in total. The SMILES string of the molecule is CC1CN(c2ccc(Cl)cc2)CC(CN)N(C)C1. The van der Waals surface area contributed by atoms with E-state index in [0.717, 1.165) is 24.7 Å². The predicted octanol–water partition coefficient (Wildman–Crippen LogP) is 2.06. The lowest BCUT2D eigenvalue weighted by Gasteiger charge is -2.29. The lowest BCUT2D eigenvalue weighted by Crippen LogP contribution is -2.43. The van der Waals surface area contributed by atoms with Crippen molar-refractivity contribution in [2.75, 3.05) is 38.1 Å². The van der Waals surface area contributed by atoms with E-state index in [1.54, 1.807) is 0 Å². The average Bonchev–Trinajstić information content (AvgIpc) is 2.48. The Hall–Kier alpha value is -0.770. The molecule has 1 heterocycles. The fourth-order valence-corrected chi connectivity index (χ4v) is 2.79. The maximum Gasteiger partial charge on any atom is 0.0407 e. The summed E-state index contributed by atoms with van der Waals surface area (Å²) in [6.07, 6.45) is 0. The van der Waals surface area contributed by atoms with Crippen LogP contribution in [0.15, 0.2) is 24.3 Å². The second-order valence-corrected chi connectivity index (χ2v) is 5.75. The van der Waals surface area contributed by atoms with Crippen molar-refractivity contribution >= 4 is 17.3 Å². The third kappa shape index (κ3) is 3.16. The largest absolute Gasteiger partial charge is 0.370 e. The van der Waals surface area contributed by atoms with Gasteiger partial charge in [0.1, 0.15) is 0 Å². The van der Waals surface area contributed by atoms with E-state index in [-0.39, 0.29) is 0 Å². The smallest absolute Gasteiger partial charge is 0.0407 e. The fourth-order valence-electron chi connectivity index (χ4n) is 2.66. The molecule has 0 bridgehead atoms. The van der Waals surface area contributed by atoms with Crippen LogP contribution in [0.2, 0.25) is 5.02 Å². The molecule has 1 aromatic carbocycles. The highest BCUT2D eigenvalue weighted by Gasteiger charge is 2.24. The first-order chi connectivity index (χ1) is 8.60. The van der Waals surface area contributed by atoms with Crippen LogP contribution in [-0.2, 0) is 0 Å². The van der Waals surface area contributed by atoms with Crippen LogP contribution in [0.1, 0.15) is 6.92 Å². The van der Waals surface area contributed by atoms with Gasteiger partial charge in [-0.25, -0.2) is 0 Å². The van der Waals surface area contributed by atoms with Crippen molar-refractivity contribution in [2.24, 2.45) is 11.7 Å². The molecule has 18 heavy (non-hydrogen) atoms. The molecule has 0 aromatic heterocycles. The topological polar surface area (TPSA) is 32.5 Å². The minimum absolute atomic E-state index is 0.422. The van der Waals surface area contributed by atoms with Crippen molar-refractivity contribution in [3.05, 3.63) is 29.3 Å². The van der Waals surface area contributed by atoms with Crippen LogP contribution in [0.3, 0.4) is 0 Å². The number of benzene rings is 1. The van der Waals surface area contributed by atoms with E-state index in [0.29, 0.717) is 18.5 Å². The molecular weight excluding hydrogens is 246 g/mol. The summed E-state index contributed by atoms with van der Waals surface area (Å²) in [5.74, 6) is 0.641. The lowest BCUT2D eigenvalue weighted by atomic mass is 10.1. The minimum Gasteiger partial charge on any atom is -0.370 e. The maximum absolute atomic E-state index is 5.94. The molecule has 1 aromatic rings. The molecular formula is C14H22ClN3. The molecule has 100 valence electrons.